The van der Waals surface area contributed by atoms with Crippen LogP contribution in [0.2, 0.25) is 18.1 Å². The molecule has 36 heavy (non-hydrogen) atoms. The summed E-state index contributed by atoms with van der Waals surface area (Å²) in [4.78, 5) is 29.5. The zero-order valence-electron chi connectivity index (χ0n) is 21.6. The van der Waals surface area contributed by atoms with Crippen LogP contribution in [0.25, 0.3) is 0 Å². The maximum absolute atomic E-state index is 15.7. The zero-order valence-corrected chi connectivity index (χ0v) is 22.6. The van der Waals surface area contributed by atoms with Crippen molar-refractivity contribution in [2.45, 2.75) is 94.3 Å². The number of nitrogens with zero attached hydrogens (tertiary/aromatic N) is 2. The molecule has 0 radical (unpaired) electrons. The highest BCUT2D eigenvalue weighted by molar-refractivity contribution is 6.74. The van der Waals surface area contributed by atoms with Crippen molar-refractivity contribution in [2.24, 2.45) is 0 Å². The summed E-state index contributed by atoms with van der Waals surface area (Å²) in [5, 5.41) is 14.0. The van der Waals surface area contributed by atoms with E-state index in [0.29, 0.717) is 11.1 Å². The molecule has 3 fully saturated rings. The molecular weight excluding hydrogens is 481 g/mol. The first kappa shape index (κ1) is 25.3. The molecular formula is C26H34FN3O5Si. The van der Waals surface area contributed by atoms with E-state index >= 15 is 4.39 Å². The number of carbonyl (C=O) groups is 1. The van der Waals surface area contributed by atoms with Crippen LogP contribution in [-0.4, -0.2) is 51.9 Å². The predicted octanol–water partition coefficient (Wildman–Crippen LogP) is 4.10. The number of aliphatic hydroxyl groups is 1. The number of alkyl halides is 1. The normalized spacial score (nSPS) is 33.2. The number of anilines is 1. The van der Waals surface area contributed by atoms with Crippen LogP contribution in [-0.2, 0) is 9.16 Å². The number of nitrogens with one attached hydrogen (secondary N) is 1. The van der Waals surface area contributed by atoms with Gasteiger partial charge in [-0.1, -0.05) is 39.0 Å². The molecule has 5 atom stereocenters. The van der Waals surface area contributed by atoms with E-state index in [-0.39, 0.29) is 36.0 Å². The van der Waals surface area contributed by atoms with Crippen LogP contribution >= 0.6 is 0 Å². The number of rotatable bonds is 5. The third kappa shape index (κ3) is 3.77. The molecule has 8 nitrogen and oxygen atoms in total. The maximum Gasteiger partial charge on any atom is 0.351 e. The Kier molecular flexibility index (Phi) is 5.47. The summed E-state index contributed by atoms with van der Waals surface area (Å²) < 4.78 is 29.9. The molecule has 2 saturated carbocycles. The van der Waals surface area contributed by atoms with Gasteiger partial charge in [-0.3, -0.25) is 9.36 Å². The Hall–Kier alpha value is -2.40. The second-order valence-electron chi connectivity index (χ2n) is 12.1. The fraction of sp³-hybridized carbons (Fsp3) is 0.577. The summed E-state index contributed by atoms with van der Waals surface area (Å²) in [6.07, 6.45) is 0.0248. The zero-order chi connectivity index (χ0) is 26.3. The van der Waals surface area contributed by atoms with Crippen molar-refractivity contribution >= 4 is 20.0 Å². The Morgan fingerprint density at radius 1 is 1.28 bits per heavy atom. The van der Waals surface area contributed by atoms with Crippen molar-refractivity contribution < 1.29 is 23.5 Å². The molecule has 2 N–H and O–H groups in total. The summed E-state index contributed by atoms with van der Waals surface area (Å²) in [6, 6.07) is 8.65. The average Bonchev–Trinajstić information content (AvgIpc) is 3.07. The van der Waals surface area contributed by atoms with E-state index in [1.54, 1.807) is 37.4 Å². The number of benzene rings is 1. The molecule has 1 aromatic carbocycles. The first-order valence-electron chi connectivity index (χ1n) is 12.3. The number of hydrogen-bond acceptors (Lipinski definition) is 6. The highest BCUT2D eigenvalue weighted by atomic mass is 28.4. The van der Waals surface area contributed by atoms with Gasteiger partial charge in [-0.05, 0) is 37.2 Å². The standard InChI is InChI=1S/C26H34FN3O5Si/c1-16-13-30(22(32)29-19(16)28-20(31)17-10-8-7-9-11-17)18-12-24(33)14-25(27)15-26(25,21(24)34-18)35-36(5,6)23(2,3)4/h7-11,13,18,21,33H,12,14-15H2,1-6H3,(H,28,29,31,32)/t18-,21+,24-,25+,26+/m1/s1. The Labute approximate surface area is 211 Å². The fourth-order valence-corrected chi connectivity index (χ4v) is 7.05. The van der Waals surface area contributed by atoms with Crippen LogP contribution < -0.4 is 11.0 Å². The van der Waals surface area contributed by atoms with Crippen molar-refractivity contribution in [3.8, 4) is 0 Å². The van der Waals surface area contributed by atoms with Crippen LogP contribution in [0.3, 0.4) is 0 Å². The molecule has 1 aliphatic heterocycles. The Bertz CT molecular complexity index is 1280. The minimum Gasteiger partial charge on any atom is -0.405 e. The van der Waals surface area contributed by atoms with Gasteiger partial charge in [0.25, 0.3) is 5.91 Å². The molecule has 1 saturated heterocycles. The molecule has 194 valence electrons. The predicted molar refractivity (Wildman–Crippen MR) is 135 cm³/mol. The third-order valence-electron chi connectivity index (χ3n) is 8.45. The van der Waals surface area contributed by atoms with Gasteiger partial charge in [0.2, 0.25) is 0 Å². The van der Waals surface area contributed by atoms with Gasteiger partial charge >= 0.3 is 5.69 Å². The topological polar surface area (TPSA) is 103 Å². The van der Waals surface area contributed by atoms with Crippen molar-refractivity contribution in [2.75, 3.05) is 5.32 Å². The van der Waals surface area contributed by atoms with Gasteiger partial charge in [-0.25, -0.2) is 9.18 Å². The monoisotopic (exact) mass is 515 g/mol. The molecule has 0 spiro atoms. The number of hydrogen-bond donors (Lipinski definition) is 2. The highest BCUT2D eigenvalue weighted by Crippen LogP contribution is 2.72. The highest BCUT2D eigenvalue weighted by Gasteiger charge is 2.87. The summed E-state index contributed by atoms with van der Waals surface area (Å²) >= 11 is 0. The maximum atomic E-state index is 15.7. The lowest BCUT2D eigenvalue weighted by atomic mass is 9.92. The van der Waals surface area contributed by atoms with E-state index in [1.165, 1.54) is 4.57 Å². The van der Waals surface area contributed by atoms with Crippen molar-refractivity contribution in [1.29, 1.82) is 0 Å². The van der Waals surface area contributed by atoms with Crippen LogP contribution in [0.15, 0.2) is 41.3 Å². The Morgan fingerprint density at radius 2 is 1.94 bits per heavy atom. The van der Waals surface area contributed by atoms with Gasteiger partial charge in [-0.2, -0.15) is 4.98 Å². The van der Waals surface area contributed by atoms with E-state index in [1.807, 2.05) is 6.07 Å². The first-order chi connectivity index (χ1) is 16.6. The number of carbonyl (C=O) groups excluding carboxylic acids is 1. The van der Waals surface area contributed by atoms with Crippen LogP contribution in [0.4, 0.5) is 10.2 Å². The van der Waals surface area contributed by atoms with E-state index in [4.69, 9.17) is 9.16 Å². The molecule has 2 heterocycles. The quantitative estimate of drug-likeness (QED) is 0.582. The van der Waals surface area contributed by atoms with Gasteiger partial charge in [0.15, 0.2) is 8.32 Å². The van der Waals surface area contributed by atoms with Crippen molar-refractivity contribution in [3.63, 3.8) is 0 Å². The first-order valence-corrected chi connectivity index (χ1v) is 15.2. The second-order valence-corrected chi connectivity index (χ2v) is 16.9. The number of ether oxygens (including phenoxy) is 1. The summed E-state index contributed by atoms with van der Waals surface area (Å²) in [6.45, 7) is 12.1. The van der Waals surface area contributed by atoms with Crippen molar-refractivity contribution in [1.82, 2.24) is 9.55 Å². The van der Waals surface area contributed by atoms with E-state index in [0.717, 1.165) is 0 Å². The van der Waals surface area contributed by atoms with Crippen LogP contribution in [0, 0.1) is 6.92 Å². The molecule has 0 bridgehead atoms. The molecule has 0 unspecified atom stereocenters. The third-order valence-corrected chi connectivity index (χ3v) is 12.9. The van der Waals surface area contributed by atoms with E-state index in [9.17, 15) is 14.7 Å². The van der Waals surface area contributed by atoms with Gasteiger partial charge in [-0.15, -0.1) is 0 Å². The fourth-order valence-electron chi connectivity index (χ4n) is 5.47. The molecule has 5 rings (SSSR count). The number of aromatic nitrogens is 2. The average molecular weight is 516 g/mol. The molecule has 2 aromatic rings. The van der Waals surface area contributed by atoms with Gasteiger partial charge in [0, 0.05) is 36.6 Å². The smallest absolute Gasteiger partial charge is 0.351 e. The molecule has 1 amide bonds. The number of aryl methyl sites for hydroxylation is 1. The van der Waals surface area contributed by atoms with Crippen LogP contribution in [0.5, 0.6) is 0 Å². The van der Waals surface area contributed by atoms with Gasteiger partial charge in [0.1, 0.15) is 35.0 Å². The Morgan fingerprint density at radius 3 is 2.58 bits per heavy atom. The van der Waals surface area contributed by atoms with E-state index < -0.39 is 43.2 Å². The summed E-state index contributed by atoms with van der Waals surface area (Å²) in [5.41, 5.74) is -3.88. The number of amides is 1. The lowest BCUT2D eigenvalue weighted by Crippen LogP contribution is -2.52. The number of fused-ring (bicyclic) bond motifs is 3. The minimum absolute atomic E-state index is 0.0582. The molecule has 10 heteroatoms. The Balaban J connectivity index is 1.39. The minimum atomic E-state index is -2.37. The molecule has 1 aromatic heterocycles. The van der Waals surface area contributed by atoms with E-state index in [2.05, 4.69) is 44.2 Å². The van der Waals surface area contributed by atoms with Gasteiger partial charge < -0.3 is 19.6 Å². The SMILES string of the molecule is Cc1cn([C@H]2C[C@@]3(O)C[C@]4(F)C[C@]4(O[Si](C)(C)C(C)(C)C)[C@H]3O2)c(=O)nc1NC(=O)c1ccccc1. The lowest BCUT2D eigenvalue weighted by Gasteiger charge is -2.41. The van der Waals surface area contributed by atoms with Crippen molar-refractivity contribution in [3.05, 3.63) is 58.1 Å². The summed E-state index contributed by atoms with van der Waals surface area (Å²) in [7, 11) is -2.37. The summed E-state index contributed by atoms with van der Waals surface area (Å²) in [5.74, 6) is -0.216. The molecule has 3 aliphatic rings. The van der Waals surface area contributed by atoms with Crippen LogP contribution in [0.1, 0.15) is 62.2 Å². The number of halogens is 1. The largest absolute Gasteiger partial charge is 0.405 e. The second kappa shape index (κ2) is 7.80. The van der Waals surface area contributed by atoms with Gasteiger partial charge in [0.05, 0.1) is 0 Å². The lowest BCUT2D eigenvalue weighted by molar-refractivity contribution is -0.105. The molecule has 2 aliphatic carbocycles.